The number of rotatable bonds is 5. The molecule has 1 aromatic heterocycles. The van der Waals surface area contributed by atoms with Crippen LogP contribution in [0, 0.1) is 5.41 Å². The quantitative estimate of drug-likeness (QED) is 0.541. The van der Waals surface area contributed by atoms with Crippen molar-refractivity contribution in [1.82, 2.24) is 14.5 Å². The number of imidazole rings is 1. The first-order valence-electron chi connectivity index (χ1n) is 13.2. The highest BCUT2D eigenvalue weighted by atomic mass is 16.5. The molecule has 3 aliphatic rings. The summed E-state index contributed by atoms with van der Waals surface area (Å²) in [6.45, 7) is 8.53. The minimum Gasteiger partial charge on any atom is -0.483 e. The molecule has 2 fully saturated rings. The van der Waals surface area contributed by atoms with Crippen molar-refractivity contribution in [1.29, 1.82) is 0 Å². The molecular weight excluding hydrogens is 452 g/mol. The van der Waals surface area contributed by atoms with Gasteiger partial charge < -0.3 is 24.2 Å². The molecule has 1 N–H and O–H groups in total. The van der Waals surface area contributed by atoms with E-state index in [0.29, 0.717) is 11.5 Å². The third kappa shape index (κ3) is 4.87. The molecule has 192 valence electrons. The van der Waals surface area contributed by atoms with E-state index in [9.17, 15) is 0 Å². The van der Waals surface area contributed by atoms with Gasteiger partial charge >= 0.3 is 0 Å². The number of nitrogens with zero attached hydrogens (tertiary/aromatic N) is 4. The van der Waals surface area contributed by atoms with Gasteiger partial charge in [0.05, 0.1) is 24.2 Å². The number of fused-ring (bicyclic) bond motifs is 3. The van der Waals surface area contributed by atoms with Crippen molar-refractivity contribution in [3.63, 3.8) is 0 Å². The summed E-state index contributed by atoms with van der Waals surface area (Å²) in [5.41, 5.74) is 7.16. The fraction of sp³-hybridized carbons (Fsp3) is 0.517. The van der Waals surface area contributed by atoms with Crippen LogP contribution in [0.3, 0.4) is 0 Å². The number of hydrogen-bond acceptors (Lipinski definition) is 5. The summed E-state index contributed by atoms with van der Waals surface area (Å²) in [6.07, 6.45) is 5.77. The molecule has 7 nitrogen and oxygen atoms in total. The van der Waals surface area contributed by atoms with Gasteiger partial charge in [-0.1, -0.05) is 30.3 Å². The van der Waals surface area contributed by atoms with Crippen molar-refractivity contribution in [3.05, 3.63) is 59.4 Å². The van der Waals surface area contributed by atoms with Crippen molar-refractivity contribution < 1.29 is 14.6 Å². The number of aromatic nitrogens is 2. The van der Waals surface area contributed by atoms with Crippen LogP contribution in [0.4, 0.5) is 5.69 Å². The van der Waals surface area contributed by atoms with Crippen molar-refractivity contribution >= 4 is 23.2 Å². The molecule has 0 amide bonds. The first-order chi connectivity index (χ1) is 17.5. The van der Waals surface area contributed by atoms with Crippen LogP contribution in [-0.2, 0) is 28.9 Å². The molecule has 1 spiro atoms. The van der Waals surface area contributed by atoms with Crippen molar-refractivity contribution in [2.45, 2.75) is 51.6 Å². The molecular formula is C29H38N4O3. The van der Waals surface area contributed by atoms with Gasteiger partial charge in [0, 0.05) is 49.3 Å². The number of piperidine rings is 1. The third-order valence-electron chi connectivity index (χ3n) is 8.51. The predicted molar refractivity (Wildman–Crippen MR) is 143 cm³/mol. The Morgan fingerprint density at radius 2 is 1.83 bits per heavy atom. The lowest BCUT2D eigenvalue weighted by Gasteiger charge is -2.47. The molecule has 0 saturated carbocycles. The Kier molecular flexibility index (Phi) is 7.30. The minimum absolute atomic E-state index is 0.250. The highest BCUT2D eigenvalue weighted by Gasteiger charge is 2.41. The summed E-state index contributed by atoms with van der Waals surface area (Å²) >= 11 is 0. The van der Waals surface area contributed by atoms with Gasteiger partial charge in [0.2, 0.25) is 0 Å². The number of hydrogen-bond donors (Lipinski definition) is 1. The second-order valence-corrected chi connectivity index (χ2v) is 10.7. The Bertz CT molecular complexity index is 1180. The summed E-state index contributed by atoms with van der Waals surface area (Å²) in [5.74, 6) is 1.20. The monoisotopic (exact) mass is 490 g/mol. The predicted octanol–water partition coefficient (Wildman–Crippen LogP) is 4.21. The summed E-state index contributed by atoms with van der Waals surface area (Å²) in [5, 5.41) is 6.89. The van der Waals surface area contributed by atoms with E-state index < -0.39 is 0 Å². The maximum atomic E-state index is 8.36. The highest BCUT2D eigenvalue weighted by Crippen LogP contribution is 2.39. The van der Waals surface area contributed by atoms with E-state index in [0.717, 1.165) is 39.1 Å². The number of benzene rings is 2. The van der Waals surface area contributed by atoms with Gasteiger partial charge in [-0.05, 0) is 63.4 Å². The molecule has 7 heteroatoms. The maximum absolute atomic E-state index is 8.36. The minimum atomic E-state index is -0.250. The van der Waals surface area contributed by atoms with Crippen LogP contribution < -0.4 is 4.90 Å². The first-order valence-corrected chi connectivity index (χ1v) is 13.2. The van der Waals surface area contributed by atoms with E-state index in [4.69, 9.17) is 19.6 Å². The van der Waals surface area contributed by atoms with E-state index in [1.54, 1.807) is 0 Å². The topological polar surface area (TPSA) is 70.8 Å². The molecule has 1 atom stereocenters. The second-order valence-electron chi connectivity index (χ2n) is 10.7. The van der Waals surface area contributed by atoms with Gasteiger partial charge in [-0.2, -0.15) is 0 Å². The number of aryl methyl sites for hydroxylation is 1. The van der Waals surface area contributed by atoms with Crippen LogP contribution in [-0.4, -0.2) is 72.0 Å². The lowest BCUT2D eigenvalue weighted by Crippen LogP contribution is -2.51. The molecule has 0 aliphatic carbocycles. The molecule has 1 unspecified atom stereocenters. The number of anilines is 1. The summed E-state index contributed by atoms with van der Waals surface area (Å²) < 4.78 is 8.03. The molecule has 0 bridgehead atoms. The van der Waals surface area contributed by atoms with Crippen LogP contribution in [0.25, 0.3) is 11.0 Å². The average Bonchev–Trinajstić information content (AvgIpc) is 3.22. The van der Waals surface area contributed by atoms with Crippen LogP contribution in [0.1, 0.15) is 43.1 Å². The van der Waals surface area contributed by atoms with Gasteiger partial charge in [0.15, 0.2) is 0 Å². The molecule has 2 saturated heterocycles. The molecule has 6 rings (SSSR count). The zero-order chi connectivity index (χ0) is 25.1. The van der Waals surface area contributed by atoms with E-state index in [1.165, 1.54) is 66.0 Å². The Labute approximate surface area is 213 Å². The van der Waals surface area contributed by atoms with Crippen LogP contribution in [0.2, 0.25) is 0 Å². The molecule has 36 heavy (non-hydrogen) atoms. The molecule has 3 aromatic rings. The number of carbonyl (C=O) groups is 1. The first kappa shape index (κ1) is 24.8. The van der Waals surface area contributed by atoms with Crippen molar-refractivity contribution in [2.24, 2.45) is 5.41 Å². The normalized spacial score (nSPS) is 20.9. The lowest BCUT2D eigenvalue weighted by atomic mass is 9.77. The maximum Gasteiger partial charge on any atom is 0.290 e. The zero-order valence-electron chi connectivity index (χ0n) is 21.5. The van der Waals surface area contributed by atoms with E-state index >= 15 is 0 Å². The van der Waals surface area contributed by atoms with Crippen molar-refractivity contribution in [3.8, 4) is 0 Å². The van der Waals surface area contributed by atoms with Crippen molar-refractivity contribution in [2.75, 3.05) is 44.8 Å². The molecule has 4 heterocycles. The second kappa shape index (κ2) is 10.6. The SMILES string of the molecule is CC1CCc2c(ccc3c2nc(Cc2ccccc2)n3CCN2CCC3(CC2)COC3)N1C.O=CO. The summed E-state index contributed by atoms with van der Waals surface area (Å²) in [4.78, 5) is 18.7. The fourth-order valence-corrected chi connectivity index (χ4v) is 5.98. The molecule has 0 radical (unpaired) electrons. The van der Waals surface area contributed by atoms with Gasteiger partial charge in [-0.15, -0.1) is 0 Å². The van der Waals surface area contributed by atoms with Gasteiger partial charge in [-0.3, -0.25) is 4.79 Å². The third-order valence-corrected chi connectivity index (χ3v) is 8.51. The fourth-order valence-electron chi connectivity index (χ4n) is 5.98. The Hall–Kier alpha value is -2.90. The van der Waals surface area contributed by atoms with Crippen LogP contribution in [0.5, 0.6) is 0 Å². The smallest absolute Gasteiger partial charge is 0.290 e. The Morgan fingerprint density at radius 3 is 2.50 bits per heavy atom. The van der Waals surface area contributed by atoms with Crippen LogP contribution >= 0.6 is 0 Å². The Balaban J connectivity index is 0.000000848. The van der Waals surface area contributed by atoms with E-state index in [-0.39, 0.29) is 6.47 Å². The van der Waals surface area contributed by atoms with Crippen LogP contribution in [0.15, 0.2) is 42.5 Å². The standard InChI is InChI=1S/C28H36N4O.CH2O2/c1-21-8-9-23-24(30(21)2)10-11-25-27(23)29-26(18-22-6-4-3-5-7-22)32(25)17-16-31-14-12-28(13-15-31)19-33-20-28;2-1-3/h3-7,10-11,21H,8-9,12-20H2,1-2H3;1H,(H,2,3). The molecule has 3 aliphatic heterocycles. The zero-order valence-corrected chi connectivity index (χ0v) is 21.5. The molecule has 2 aromatic carbocycles. The Morgan fingerprint density at radius 1 is 1.11 bits per heavy atom. The van der Waals surface area contributed by atoms with Gasteiger partial charge in [0.25, 0.3) is 6.47 Å². The number of carboxylic acid groups (broad SMARTS) is 1. The van der Waals surface area contributed by atoms with Gasteiger partial charge in [0.1, 0.15) is 5.82 Å². The summed E-state index contributed by atoms with van der Waals surface area (Å²) in [7, 11) is 2.23. The number of likely N-dealkylation sites (tertiary alicyclic amines) is 1. The van der Waals surface area contributed by atoms with Gasteiger partial charge in [-0.25, -0.2) is 4.98 Å². The highest BCUT2D eigenvalue weighted by molar-refractivity contribution is 5.86. The number of ether oxygens (including phenoxy) is 1. The summed E-state index contributed by atoms with van der Waals surface area (Å²) in [6, 6.07) is 16.0. The van der Waals surface area contributed by atoms with E-state index in [1.807, 2.05) is 0 Å². The average molecular weight is 491 g/mol. The lowest BCUT2D eigenvalue weighted by molar-refractivity contribution is -0.139. The van der Waals surface area contributed by atoms with E-state index in [2.05, 4.69) is 70.8 Å². The largest absolute Gasteiger partial charge is 0.483 e.